The summed E-state index contributed by atoms with van der Waals surface area (Å²) in [6, 6.07) is 5.46. The van der Waals surface area contributed by atoms with E-state index in [1.54, 1.807) is 17.9 Å². The Morgan fingerprint density at radius 2 is 1.93 bits per heavy atom. The Bertz CT molecular complexity index is 708. The first-order chi connectivity index (χ1) is 12.8. The van der Waals surface area contributed by atoms with Crippen molar-refractivity contribution in [2.24, 2.45) is 5.41 Å². The van der Waals surface area contributed by atoms with Crippen molar-refractivity contribution in [2.75, 3.05) is 49.6 Å². The molecule has 2 amide bonds. The summed E-state index contributed by atoms with van der Waals surface area (Å²) in [4.78, 5) is 29.0. The van der Waals surface area contributed by atoms with Crippen LogP contribution in [-0.2, 0) is 14.3 Å². The Morgan fingerprint density at radius 3 is 2.59 bits per heavy atom. The van der Waals surface area contributed by atoms with Crippen LogP contribution >= 0.6 is 0 Å². The summed E-state index contributed by atoms with van der Waals surface area (Å²) >= 11 is 0. The van der Waals surface area contributed by atoms with E-state index >= 15 is 0 Å². The molecule has 148 valence electrons. The van der Waals surface area contributed by atoms with Gasteiger partial charge in [0.1, 0.15) is 5.75 Å². The summed E-state index contributed by atoms with van der Waals surface area (Å²) in [5, 5.41) is 2.91. The van der Waals surface area contributed by atoms with Crippen LogP contribution in [0, 0.1) is 5.41 Å². The van der Waals surface area contributed by atoms with E-state index in [1.807, 2.05) is 32.9 Å². The number of benzene rings is 1. The molecule has 7 heteroatoms. The second-order valence-corrected chi connectivity index (χ2v) is 8.09. The van der Waals surface area contributed by atoms with Crippen molar-refractivity contribution in [3.8, 4) is 5.75 Å². The molecule has 1 unspecified atom stereocenters. The van der Waals surface area contributed by atoms with Crippen molar-refractivity contribution in [2.45, 2.75) is 33.8 Å². The third-order valence-electron chi connectivity index (χ3n) is 4.85. The summed E-state index contributed by atoms with van der Waals surface area (Å²) in [7, 11) is 0. The summed E-state index contributed by atoms with van der Waals surface area (Å²) < 4.78 is 11.2. The minimum absolute atomic E-state index is 0.0396. The Morgan fingerprint density at radius 1 is 1.22 bits per heavy atom. The summed E-state index contributed by atoms with van der Waals surface area (Å²) in [5.41, 5.74) is 0.938. The number of morpholine rings is 1. The van der Waals surface area contributed by atoms with Crippen LogP contribution in [0.25, 0.3) is 0 Å². The van der Waals surface area contributed by atoms with E-state index in [0.717, 1.165) is 38.5 Å². The molecule has 0 aromatic heterocycles. The highest BCUT2D eigenvalue weighted by Crippen LogP contribution is 2.36. The van der Waals surface area contributed by atoms with Gasteiger partial charge in [-0.25, -0.2) is 0 Å². The molecule has 1 aromatic rings. The number of hydrogen-bond acceptors (Lipinski definition) is 5. The molecule has 2 aliphatic heterocycles. The second kappa shape index (κ2) is 7.86. The number of nitrogens with zero attached hydrogens (tertiary/aromatic N) is 2. The quantitative estimate of drug-likeness (QED) is 0.873. The monoisotopic (exact) mass is 375 g/mol. The summed E-state index contributed by atoms with van der Waals surface area (Å²) in [6.07, 6.45) is -0.546. The number of fused-ring (bicyclic) bond motifs is 1. The van der Waals surface area contributed by atoms with Gasteiger partial charge in [0.2, 0.25) is 5.91 Å². The zero-order valence-electron chi connectivity index (χ0n) is 16.6. The molecular formula is C20H29N3O4. The number of rotatable bonds is 4. The molecule has 3 rings (SSSR count). The van der Waals surface area contributed by atoms with Gasteiger partial charge in [0.25, 0.3) is 5.91 Å². The van der Waals surface area contributed by atoms with E-state index in [-0.39, 0.29) is 11.8 Å². The number of ether oxygens (including phenoxy) is 2. The van der Waals surface area contributed by atoms with E-state index in [2.05, 4.69) is 10.2 Å². The van der Waals surface area contributed by atoms with Crippen molar-refractivity contribution >= 4 is 23.2 Å². The van der Waals surface area contributed by atoms with Crippen LogP contribution in [0.1, 0.15) is 27.7 Å². The molecule has 0 bridgehead atoms. The Balaban J connectivity index is 1.75. The van der Waals surface area contributed by atoms with Crippen LogP contribution in [-0.4, -0.2) is 62.2 Å². The number of hydrogen-bond donors (Lipinski definition) is 1. The van der Waals surface area contributed by atoms with Crippen molar-refractivity contribution in [3.05, 3.63) is 18.2 Å². The number of amides is 2. The van der Waals surface area contributed by atoms with Gasteiger partial charge >= 0.3 is 0 Å². The van der Waals surface area contributed by atoms with Crippen LogP contribution in [0.3, 0.4) is 0 Å². The number of anilines is 2. The van der Waals surface area contributed by atoms with Crippen LogP contribution in [0.15, 0.2) is 18.2 Å². The van der Waals surface area contributed by atoms with Crippen LogP contribution in [0.5, 0.6) is 5.75 Å². The van der Waals surface area contributed by atoms with Crippen molar-refractivity contribution in [3.63, 3.8) is 0 Å². The number of carbonyl (C=O) groups is 2. The maximum atomic E-state index is 12.6. The third-order valence-corrected chi connectivity index (χ3v) is 4.85. The Hall–Kier alpha value is -2.12. The third kappa shape index (κ3) is 4.59. The average molecular weight is 375 g/mol. The fourth-order valence-electron chi connectivity index (χ4n) is 3.10. The first kappa shape index (κ1) is 19.6. The molecule has 27 heavy (non-hydrogen) atoms. The lowest BCUT2D eigenvalue weighted by molar-refractivity contribution is -0.125. The molecule has 1 N–H and O–H groups in total. The zero-order valence-corrected chi connectivity index (χ0v) is 16.6. The highest BCUT2D eigenvalue weighted by atomic mass is 16.5. The Kier molecular flexibility index (Phi) is 5.72. The molecule has 0 radical (unpaired) electrons. The van der Waals surface area contributed by atoms with Gasteiger partial charge < -0.3 is 19.7 Å². The molecule has 1 atom stereocenters. The van der Waals surface area contributed by atoms with Crippen LogP contribution in [0.4, 0.5) is 11.4 Å². The Labute approximate surface area is 160 Å². The topological polar surface area (TPSA) is 71.1 Å². The standard InChI is InChI=1S/C20H29N3O4/c1-14-18(24)23(8-7-22-9-11-26-12-10-22)16-6-5-15(13-17(16)27-14)21-19(25)20(2,3)4/h5-6,13-14H,7-12H2,1-4H3,(H,21,25). The lowest BCUT2D eigenvalue weighted by Crippen LogP contribution is -2.48. The van der Waals surface area contributed by atoms with E-state index < -0.39 is 11.5 Å². The predicted molar refractivity (Wildman–Crippen MR) is 104 cm³/mol. The maximum absolute atomic E-state index is 12.6. The van der Waals surface area contributed by atoms with Crippen molar-refractivity contribution in [1.29, 1.82) is 0 Å². The molecular weight excluding hydrogens is 346 g/mol. The molecule has 7 nitrogen and oxygen atoms in total. The maximum Gasteiger partial charge on any atom is 0.267 e. The first-order valence-corrected chi connectivity index (χ1v) is 9.49. The fourth-order valence-corrected chi connectivity index (χ4v) is 3.10. The lowest BCUT2D eigenvalue weighted by atomic mass is 9.95. The fraction of sp³-hybridized carbons (Fsp3) is 0.600. The molecule has 1 fully saturated rings. The molecule has 2 aliphatic rings. The number of carbonyl (C=O) groups excluding carboxylic acids is 2. The van der Waals surface area contributed by atoms with E-state index in [0.29, 0.717) is 18.0 Å². The number of nitrogens with one attached hydrogen (secondary N) is 1. The molecule has 0 aliphatic carbocycles. The lowest BCUT2D eigenvalue weighted by Gasteiger charge is -2.35. The molecule has 0 spiro atoms. The molecule has 1 aromatic carbocycles. The van der Waals surface area contributed by atoms with Gasteiger partial charge in [0.15, 0.2) is 6.10 Å². The molecule has 0 saturated carbocycles. The highest BCUT2D eigenvalue weighted by molar-refractivity contribution is 6.01. The molecule has 1 saturated heterocycles. The smallest absolute Gasteiger partial charge is 0.267 e. The van der Waals surface area contributed by atoms with E-state index in [1.165, 1.54) is 0 Å². The second-order valence-electron chi connectivity index (χ2n) is 8.09. The van der Waals surface area contributed by atoms with Crippen molar-refractivity contribution in [1.82, 2.24) is 4.90 Å². The first-order valence-electron chi connectivity index (χ1n) is 9.49. The van der Waals surface area contributed by atoms with Crippen LogP contribution < -0.4 is 15.0 Å². The zero-order chi connectivity index (χ0) is 19.6. The van der Waals surface area contributed by atoms with Gasteiger partial charge in [0, 0.05) is 43.3 Å². The highest BCUT2D eigenvalue weighted by Gasteiger charge is 2.32. The molecule has 2 heterocycles. The van der Waals surface area contributed by atoms with Gasteiger partial charge in [0.05, 0.1) is 18.9 Å². The minimum atomic E-state index is -0.546. The van der Waals surface area contributed by atoms with E-state index in [4.69, 9.17) is 9.47 Å². The normalized spacial score (nSPS) is 20.8. The minimum Gasteiger partial charge on any atom is -0.479 e. The van der Waals surface area contributed by atoms with Crippen LogP contribution in [0.2, 0.25) is 0 Å². The van der Waals surface area contributed by atoms with Crippen molar-refractivity contribution < 1.29 is 19.1 Å². The van der Waals surface area contributed by atoms with Gasteiger partial charge in [-0.1, -0.05) is 20.8 Å². The SMILES string of the molecule is CC1Oc2cc(NC(=O)C(C)(C)C)ccc2N(CCN2CCOCC2)C1=O. The summed E-state index contributed by atoms with van der Waals surface area (Å²) in [6.45, 7) is 12.0. The van der Waals surface area contributed by atoms with E-state index in [9.17, 15) is 9.59 Å². The predicted octanol–water partition coefficient (Wildman–Crippen LogP) is 2.12. The van der Waals surface area contributed by atoms with Gasteiger partial charge in [-0.15, -0.1) is 0 Å². The largest absolute Gasteiger partial charge is 0.479 e. The van der Waals surface area contributed by atoms with Gasteiger partial charge in [-0.2, -0.15) is 0 Å². The van der Waals surface area contributed by atoms with Gasteiger partial charge in [-0.3, -0.25) is 14.5 Å². The van der Waals surface area contributed by atoms with Gasteiger partial charge in [-0.05, 0) is 19.1 Å². The average Bonchev–Trinajstić information content (AvgIpc) is 2.62. The summed E-state index contributed by atoms with van der Waals surface area (Å²) in [5.74, 6) is 0.518.